The van der Waals surface area contributed by atoms with Crippen molar-refractivity contribution in [2.24, 2.45) is 13.0 Å². The maximum Gasteiger partial charge on any atom is 0.251 e. The van der Waals surface area contributed by atoms with Crippen molar-refractivity contribution in [1.29, 1.82) is 0 Å². The second-order valence-corrected chi connectivity index (χ2v) is 7.36. The number of carbonyl (C=O) groups is 1. The number of aliphatic hydroxyl groups is 1. The summed E-state index contributed by atoms with van der Waals surface area (Å²) in [5, 5.41) is 17.6. The molecule has 2 aromatic rings. The number of nitrogens with one attached hydrogen (secondary N) is 1. The quantitative estimate of drug-likeness (QED) is 0.863. The zero-order chi connectivity index (χ0) is 18.3. The van der Waals surface area contributed by atoms with Gasteiger partial charge in [-0.2, -0.15) is 5.10 Å². The molecule has 2 heterocycles. The summed E-state index contributed by atoms with van der Waals surface area (Å²) in [6.07, 6.45) is 6.53. The lowest BCUT2D eigenvalue weighted by Gasteiger charge is -2.37. The number of amides is 1. The van der Waals surface area contributed by atoms with E-state index in [0.717, 1.165) is 16.9 Å². The zero-order valence-corrected chi connectivity index (χ0v) is 15.1. The molecule has 1 amide bonds. The van der Waals surface area contributed by atoms with Gasteiger partial charge >= 0.3 is 0 Å². The van der Waals surface area contributed by atoms with Crippen LogP contribution in [0.4, 0.5) is 0 Å². The molecule has 0 unspecified atom stereocenters. The predicted octanol–water partition coefficient (Wildman–Crippen LogP) is 2.48. The summed E-state index contributed by atoms with van der Waals surface area (Å²) in [5.41, 5.74) is 2.29. The molecular formula is C19H20ClN3O3. The van der Waals surface area contributed by atoms with Crippen LogP contribution >= 0.6 is 11.6 Å². The van der Waals surface area contributed by atoms with Crippen LogP contribution in [0.3, 0.4) is 0 Å². The maximum absolute atomic E-state index is 12.8. The van der Waals surface area contributed by atoms with E-state index in [9.17, 15) is 9.90 Å². The van der Waals surface area contributed by atoms with Gasteiger partial charge < -0.3 is 15.2 Å². The van der Waals surface area contributed by atoms with Gasteiger partial charge in [0.1, 0.15) is 12.4 Å². The fourth-order valence-corrected chi connectivity index (χ4v) is 3.67. The molecule has 0 bridgehead atoms. The van der Waals surface area contributed by atoms with Crippen LogP contribution in [0.2, 0.25) is 5.02 Å². The topological polar surface area (TPSA) is 76.4 Å². The molecule has 1 aromatic heterocycles. The molecule has 7 heteroatoms. The van der Waals surface area contributed by atoms with Crippen molar-refractivity contribution in [2.75, 3.05) is 6.61 Å². The summed E-state index contributed by atoms with van der Waals surface area (Å²) in [4.78, 5) is 12.8. The number of rotatable bonds is 4. The van der Waals surface area contributed by atoms with Gasteiger partial charge in [0, 0.05) is 29.4 Å². The molecule has 0 radical (unpaired) electrons. The van der Waals surface area contributed by atoms with Gasteiger partial charge in [-0.15, -0.1) is 0 Å². The molecule has 2 aliphatic rings. The summed E-state index contributed by atoms with van der Waals surface area (Å²) in [6, 6.07) is 5.17. The highest BCUT2D eigenvalue weighted by Gasteiger charge is 2.36. The summed E-state index contributed by atoms with van der Waals surface area (Å²) < 4.78 is 7.39. The van der Waals surface area contributed by atoms with Gasteiger partial charge in [-0.3, -0.25) is 9.48 Å². The maximum atomic E-state index is 12.8. The monoisotopic (exact) mass is 373 g/mol. The van der Waals surface area contributed by atoms with Crippen LogP contribution in [-0.4, -0.2) is 33.5 Å². The number of aliphatic hydroxyl groups excluding tert-OH is 1. The second kappa shape index (κ2) is 6.78. The van der Waals surface area contributed by atoms with Crippen LogP contribution in [-0.2, 0) is 11.8 Å². The Kier molecular flexibility index (Phi) is 4.46. The first-order valence-corrected chi connectivity index (χ1v) is 8.98. The first kappa shape index (κ1) is 17.1. The number of fused-ring (bicyclic) bond motifs is 1. The number of halogens is 1. The van der Waals surface area contributed by atoms with Gasteiger partial charge in [-0.25, -0.2) is 0 Å². The average Bonchev–Trinajstić information content (AvgIpc) is 3.02. The van der Waals surface area contributed by atoms with Gasteiger partial charge in [0.2, 0.25) is 0 Å². The number of aromatic nitrogens is 2. The number of benzene rings is 1. The van der Waals surface area contributed by atoms with Gasteiger partial charge in [0.15, 0.2) is 0 Å². The molecular weight excluding hydrogens is 354 g/mol. The van der Waals surface area contributed by atoms with E-state index >= 15 is 0 Å². The van der Waals surface area contributed by atoms with E-state index in [2.05, 4.69) is 10.4 Å². The number of carbonyl (C=O) groups excluding carboxylic acids is 1. The number of ether oxygens (including phenoxy) is 1. The van der Waals surface area contributed by atoms with Crippen molar-refractivity contribution in [1.82, 2.24) is 15.1 Å². The highest BCUT2D eigenvalue weighted by atomic mass is 35.5. The highest BCUT2D eigenvalue weighted by Crippen LogP contribution is 2.38. The Labute approximate surface area is 156 Å². The number of hydrogen-bond acceptors (Lipinski definition) is 4. The summed E-state index contributed by atoms with van der Waals surface area (Å²) in [7, 11) is 1.84. The van der Waals surface area contributed by atoms with Crippen LogP contribution < -0.4 is 10.1 Å². The van der Waals surface area contributed by atoms with Crippen LogP contribution in [0.15, 0.2) is 36.2 Å². The van der Waals surface area contributed by atoms with E-state index in [1.807, 2.05) is 19.3 Å². The van der Waals surface area contributed by atoms with Crippen molar-refractivity contribution in [2.45, 2.75) is 25.0 Å². The molecule has 26 heavy (non-hydrogen) atoms. The molecule has 136 valence electrons. The van der Waals surface area contributed by atoms with E-state index in [4.69, 9.17) is 16.3 Å². The molecule has 1 aliphatic heterocycles. The summed E-state index contributed by atoms with van der Waals surface area (Å²) >= 11 is 6.03. The fourth-order valence-electron chi connectivity index (χ4n) is 3.49. The lowest BCUT2D eigenvalue weighted by atomic mass is 9.75. The summed E-state index contributed by atoms with van der Waals surface area (Å²) in [6.45, 7) is 0.216. The van der Waals surface area contributed by atoms with Crippen molar-refractivity contribution in [3.05, 3.63) is 52.3 Å². The van der Waals surface area contributed by atoms with E-state index in [1.54, 1.807) is 29.1 Å². The van der Waals surface area contributed by atoms with Gasteiger partial charge in [-0.1, -0.05) is 11.6 Å². The first-order chi connectivity index (χ1) is 12.5. The van der Waals surface area contributed by atoms with E-state index < -0.39 is 0 Å². The summed E-state index contributed by atoms with van der Waals surface area (Å²) in [5.74, 6) is 0.743. The first-order valence-electron chi connectivity index (χ1n) is 8.60. The smallest absolute Gasteiger partial charge is 0.251 e. The molecule has 1 fully saturated rings. The van der Waals surface area contributed by atoms with Crippen molar-refractivity contribution >= 4 is 23.6 Å². The molecule has 1 aromatic carbocycles. The fraction of sp³-hybridized carbons (Fsp3) is 0.368. The normalized spacial score (nSPS) is 22.5. The molecule has 4 rings (SSSR count). The molecule has 1 atom stereocenters. The van der Waals surface area contributed by atoms with Crippen LogP contribution in [0.5, 0.6) is 5.75 Å². The second-order valence-electron chi connectivity index (χ2n) is 6.92. The third-order valence-electron chi connectivity index (χ3n) is 4.97. The zero-order valence-electron chi connectivity index (χ0n) is 14.4. The van der Waals surface area contributed by atoms with Crippen LogP contribution in [0, 0.1) is 5.92 Å². The van der Waals surface area contributed by atoms with E-state index in [1.165, 1.54) is 0 Å². The van der Waals surface area contributed by atoms with Crippen molar-refractivity contribution in [3.63, 3.8) is 0 Å². The van der Waals surface area contributed by atoms with E-state index in [-0.39, 0.29) is 30.6 Å². The number of nitrogens with zero attached hydrogens (tertiary/aromatic N) is 2. The van der Waals surface area contributed by atoms with Crippen LogP contribution in [0.25, 0.3) is 6.08 Å². The van der Waals surface area contributed by atoms with Gasteiger partial charge in [0.05, 0.1) is 23.9 Å². The molecule has 2 N–H and O–H groups in total. The average molecular weight is 374 g/mol. The van der Waals surface area contributed by atoms with Crippen LogP contribution in [0.1, 0.15) is 30.0 Å². The van der Waals surface area contributed by atoms with Gasteiger partial charge in [0.25, 0.3) is 5.91 Å². The lowest BCUT2D eigenvalue weighted by Crippen LogP contribution is -2.42. The standard InChI is InChI=1S/C19H20ClN3O3/c1-23-9-14(8-21-23)18(12-6-16(24)7-12)22-19(25)13-4-11-5-15(20)2-3-17(11)26-10-13/h2-5,8-9,12,16,18,24H,6-7,10H2,1H3,(H,22,25)/t12?,16?,18-/m1/s1. The van der Waals surface area contributed by atoms with Gasteiger partial charge in [-0.05, 0) is 43.0 Å². The van der Waals surface area contributed by atoms with E-state index in [0.29, 0.717) is 23.4 Å². The minimum absolute atomic E-state index is 0.175. The Morgan fingerprint density at radius 2 is 2.27 bits per heavy atom. The SMILES string of the molecule is Cn1cc([C@H](NC(=O)C2=Cc3cc(Cl)ccc3OC2)C2CC(O)C2)cn1. The Balaban J connectivity index is 1.55. The van der Waals surface area contributed by atoms with Crippen molar-refractivity contribution in [3.8, 4) is 5.75 Å². The minimum atomic E-state index is -0.290. The Morgan fingerprint density at radius 3 is 2.96 bits per heavy atom. The largest absolute Gasteiger partial charge is 0.488 e. The number of aryl methyl sites for hydroxylation is 1. The molecule has 0 spiro atoms. The molecule has 0 saturated heterocycles. The molecule has 1 saturated carbocycles. The minimum Gasteiger partial charge on any atom is -0.488 e. The predicted molar refractivity (Wildman–Crippen MR) is 97.7 cm³/mol. The lowest BCUT2D eigenvalue weighted by molar-refractivity contribution is -0.119. The molecule has 1 aliphatic carbocycles. The molecule has 6 nitrogen and oxygen atoms in total. The van der Waals surface area contributed by atoms with Crippen molar-refractivity contribution < 1.29 is 14.6 Å². The third kappa shape index (κ3) is 3.34. The third-order valence-corrected chi connectivity index (χ3v) is 5.20. The Morgan fingerprint density at radius 1 is 1.46 bits per heavy atom. The highest BCUT2D eigenvalue weighted by molar-refractivity contribution is 6.30. The number of hydrogen-bond donors (Lipinski definition) is 2. The Hall–Kier alpha value is -2.31. The Bertz CT molecular complexity index is 871.